The summed E-state index contributed by atoms with van der Waals surface area (Å²) in [4.78, 5) is 11.8. The Labute approximate surface area is 114 Å². The van der Waals surface area contributed by atoms with E-state index in [0.29, 0.717) is 23.8 Å². The van der Waals surface area contributed by atoms with Gasteiger partial charge in [-0.05, 0) is 49.2 Å². The quantitative estimate of drug-likeness (QED) is 0.933. The first-order chi connectivity index (χ1) is 9.08. The van der Waals surface area contributed by atoms with Gasteiger partial charge in [0.15, 0.2) is 0 Å². The van der Waals surface area contributed by atoms with E-state index < -0.39 is 0 Å². The third kappa shape index (κ3) is 3.51. The van der Waals surface area contributed by atoms with Crippen LogP contribution >= 0.6 is 11.6 Å². The molecule has 0 unspecified atom stereocenters. The second-order valence-corrected chi connectivity index (χ2v) is 4.09. The average Bonchev–Trinajstić information content (AvgIpc) is 2.33. The molecule has 7 heteroatoms. The van der Waals surface area contributed by atoms with Crippen LogP contribution in [0.2, 0.25) is 5.28 Å². The fourth-order valence-corrected chi connectivity index (χ4v) is 1.55. The summed E-state index contributed by atoms with van der Waals surface area (Å²) >= 11 is 5.77. The molecule has 0 fully saturated rings. The van der Waals surface area contributed by atoms with E-state index in [0.717, 1.165) is 0 Å². The minimum absolute atomic E-state index is 0.0276. The molecule has 0 aliphatic heterocycles. The maximum atomic E-state index is 13.1. The maximum Gasteiger partial charge on any atom is 0.328 e. The molecule has 5 nitrogen and oxygen atoms in total. The van der Waals surface area contributed by atoms with Gasteiger partial charge in [-0.2, -0.15) is 15.0 Å². The fraction of sp³-hybridized carbons (Fsp3) is 0.250. The summed E-state index contributed by atoms with van der Waals surface area (Å²) in [5.74, 6) is 0.467. The average molecular weight is 283 g/mol. The van der Waals surface area contributed by atoms with Crippen molar-refractivity contribution < 1.29 is 9.13 Å². The van der Waals surface area contributed by atoms with E-state index in [-0.39, 0.29) is 17.1 Å². The molecule has 0 saturated carbocycles. The molecule has 0 amide bonds. The second kappa shape index (κ2) is 5.79. The largest absolute Gasteiger partial charge is 0.424 e. The predicted octanol–water partition coefficient (Wildman–Crippen LogP) is 3.20. The third-order valence-corrected chi connectivity index (χ3v) is 2.43. The van der Waals surface area contributed by atoms with Crippen LogP contribution in [-0.2, 0) is 0 Å². The van der Waals surface area contributed by atoms with Gasteiger partial charge in [0.1, 0.15) is 11.6 Å². The van der Waals surface area contributed by atoms with Crippen LogP contribution in [0.5, 0.6) is 11.8 Å². The van der Waals surface area contributed by atoms with Crippen molar-refractivity contribution in [3.8, 4) is 11.8 Å². The Bertz CT molecular complexity index is 594. The van der Waals surface area contributed by atoms with Crippen molar-refractivity contribution in [1.29, 1.82) is 0 Å². The van der Waals surface area contributed by atoms with Crippen molar-refractivity contribution in [2.24, 2.45) is 0 Å². The number of aromatic nitrogens is 3. The van der Waals surface area contributed by atoms with Crippen LogP contribution in [0.4, 0.5) is 10.3 Å². The van der Waals surface area contributed by atoms with Gasteiger partial charge in [-0.15, -0.1) is 0 Å². The molecule has 0 spiro atoms. The summed E-state index contributed by atoms with van der Waals surface area (Å²) in [6.07, 6.45) is 0. The summed E-state index contributed by atoms with van der Waals surface area (Å²) in [6, 6.07) is 4.42. The highest BCUT2D eigenvalue weighted by Gasteiger charge is 2.07. The Hall–Kier alpha value is -1.95. The molecule has 0 saturated heterocycles. The van der Waals surface area contributed by atoms with Crippen LogP contribution in [0.3, 0.4) is 0 Å². The minimum Gasteiger partial charge on any atom is -0.424 e. The normalized spacial score (nSPS) is 10.3. The van der Waals surface area contributed by atoms with Crippen LogP contribution in [0.1, 0.15) is 12.5 Å². The lowest BCUT2D eigenvalue weighted by Gasteiger charge is -2.07. The summed E-state index contributed by atoms with van der Waals surface area (Å²) < 4.78 is 18.6. The van der Waals surface area contributed by atoms with Gasteiger partial charge in [-0.3, -0.25) is 0 Å². The van der Waals surface area contributed by atoms with E-state index in [9.17, 15) is 4.39 Å². The van der Waals surface area contributed by atoms with Gasteiger partial charge >= 0.3 is 6.01 Å². The summed E-state index contributed by atoms with van der Waals surface area (Å²) in [7, 11) is 0. The Balaban J connectivity index is 2.24. The number of rotatable bonds is 4. The summed E-state index contributed by atoms with van der Waals surface area (Å²) in [5.41, 5.74) is 0.476. The van der Waals surface area contributed by atoms with Gasteiger partial charge in [-0.1, -0.05) is 0 Å². The van der Waals surface area contributed by atoms with E-state index in [1.54, 1.807) is 13.0 Å². The number of nitrogens with zero attached hydrogens (tertiary/aromatic N) is 3. The summed E-state index contributed by atoms with van der Waals surface area (Å²) in [5, 5.41) is 2.94. The van der Waals surface area contributed by atoms with Crippen LogP contribution in [0.25, 0.3) is 0 Å². The third-order valence-electron chi connectivity index (χ3n) is 2.26. The van der Waals surface area contributed by atoms with Crippen molar-refractivity contribution >= 4 is 17.5 Å². The Morgan fingerprint density at radius 1 is 1.32 bits per heavy atom. The molecule has 1 aromatic carbocycles. The number of benzene rings is 1. The molecule has 0 aliphatic carbocycles. The molecule has 2 aromatic rings. The molecule has 0 radical (unpaired) electrons. The van der Waals surface area contributed by atoms with Crippen LogP contribution < -0.4 is 10.1 Å². The number of aryl methyl sites for hydroxylation is 1. The fourth-order valence-electron chi connectivity index (χ4n) is 1.40. The smallest absolute Gasteiger partial charge is 0.328 e. The molecular weight excluding hydrogens is 271 g/mol. The molecule has 0 bridgehead atoms. The molecule has 0 aliphatic rings. The molecule has 1 N–H and O–H groups in total. The lowest BCUT2D eigenvalue weighted by atomic mass is 10.2. The van der Waals surface area contributed by atoms with Gasteiger partial charge in [0.2, 0.25) is 11.2 Å². The number of anilines is 1. The van der Waals surface area contributed by atoms with Crippen molar-refractivity contribution in [2.75, 3.05) is 11.9 Å². The molecule has 1 aromatic heterocycles. The molecular formula is C12H12ClFN4O. The number of nitrogens with one attached hydrogen (secondary N) is 1. The lowest BCUT2D eigenvalue weighted by Crippen LogP contribution is -2.04. The standard InChI is InChI=1S/C12H12ClFN4O/c1-3-15-11-16-10(13)17-12(18-11)19-8-4-5-9(14)7(2)6-8/h4-6H,3H2,1-2H3,(H,15,16,17,18). The van der Waals surface area contributed by atoms with Crippen molar-refractivity contribution in [2.45, 2.75) is 13.8 Å². The highest BCUT2D eigenvalue weighted by molar-refractivity contribution is 6.28. The van der Waals surface area contributed by atoms with Gasteiger partial charge in [0.05, 0.1) is 0 Å². The predicted molar refractivity (Wildman–Crippen MR) is 70.2 cm³/mol. The Morgan fingerprint density at radius 3 is 2.79 bits per heavy atom. The van der Waals surface area contributed by atoms with Gasteiger partial charge in [-0.25, -0.2) is 4.39 Å². The zero-order chi connectivity index (χ0) is 13.8. The second-order valence-electron chi connectivity index (χ2n) is 3.75. The Kier molecular flexibility index (Phi) is 4.11. The van der Waals surface area contributed by atoms with Crippen LogP contribution in [0.15, 0.2) is 18.2 Å². The number of halogens is 2. The molecule has 2 rings (SSSR count). The molecule has 0 atom stereocenters. The first-order valence-electron chi connectivity index (χ1n) is 5.68. The Morgan fingerprint density at radius 2 is 2.11 bits per heavy atom. The van der Waals surface area contributed by atoms with E-state index in [1.165, 1.54) is 12.1 Å². The minimum atomic E-state index is -0.297. The molecule has 100 valence electrons. The first kappa shape index (κ1) is 13.5. The molecule has 1 heterocycles. The van der Waals surface area contributed by atoms with Gasteiger partial charge in [0.25, 0.3) is 0 Å². The zero-order valence-corrected chi connectivity index (χ0v) is 11.2. The van der Waals surface area contributed by atoms with Crippen molar-refractivity contribution in [3.05, 3.63) is 34.9 Å². The SMILES string of the molecule is CCNc1nc(Cl)nc(Oc2ccc(F)c(C)c2)n1. The van der Waals surface area contributed by atoms with E-state index in [4.69, 9.17) is 16.3 Å². The lowest BCUT2D eigenvalue weighted by molar-refractivity contribution is 0.438. The van der Waals surface area contributed by atoms with E-state index in [1.807, 2.05) is 6.92 Å². The number of hydrogen-bond acceptors (Lipinski definition) is 5. The van der Waals surface area contributed by atoms with Crippen LogP contribution in [-0.4, -0.2) is 21.5 Å². The number of ether oxygens (including phenoxy) is 1. The topological polar surface area (TPSA) is 59.9 Å². The van der Waals surface area contributed by atoms with E-state index >= 15 is 0 Å². The van der Waals surface area contributed by atoms with Gasteiger partial charge < -0.3 is 10.1 Å². The number of hydrogen-bond donors (Lipinski definition) is 1. The van der Waals surface area contributed by atoms with Crippen molar-refractivity contribution in [1.82, 2.24) is 15.0 Å². The summed E-state index contributed by atoms with van der Waals surface area (Å²) in [6.45, 7) is 4.20. The first-order valence-corrected chi connectivity index (χ1v) is 6.05. The molecule has 19 heavy (non-hydrogen) atoms. The highest BCUT2D eigenvalue weighted by atomic mass is 35.5. The van der Waals surface area contributed by atoms with Crippen molar-refractivity contribution in [3.63, 3.8) is 0 Å². The van der Waals surface area contributed by atoms with Crippen LogP contribution in [0, 0.1) is 12.7 Å². The monoisotopic (exact) mass is 282 g/mol. The maximum absolute atomic E-state index is 13.1. The highest BCUT2D eigenvalue weighted by Crippen LogP contribution is 2.22. The van der Waals surface area contributed by atoms with E-state index in [2.05, 4.69) is 20.3 Å². The zero-order valence-electron chi connectivity index (χ0n) is 10.4. The van der Waals surface area contributed by atoms with Gasteiger partial charge in [0, 0.05) is 6.54 Å².